The van der Waals surface area contributed by atoms with E-state index in [1.54, 1.807) is 0 Å². The Morgan fingerprint density at radius 2 is 0.761 bits per heavy atom. The summed E-state index contributed by atoms with van der Waals surface area (Å²) in [7, 11) is 0. The number of nitrogens with zero attached hydrogens (tertiary/aromatic N) is 2. The lowest BCUT2D eigenvalue weighted by Gasteiger charge is -2.46. The Morgan fingerprint density at radius 1 is 0.448 bits per heavy atom. The first-order valence-electron chi connectivity index (χ1n) is 23.7. The van der Waals surface area contributed by atoms with Crippen LogP contribution in [0.1, 0.15) is 108 Å². The molecule has 0 aliphatic carbocycles. The van der Waals surface area contributed by atoms with Crippen LogP contribution in [0.25, 0.3) is 0 Å². The molecule has 67 heavy (non-hydrogen) atoms. The van der Waals surface area contributed by atoms with Crippen LogP contribution in [0.3, 0.4) is 0 Å². The highest BCUT2D eigenvalue weighted by atomic mass is 32.2. The molecule has 0 radical (unpaired) electrons. The lowest BCUT2D eigenvalue weighted by molar-refractivity contribution is -0.137. The molecule has 0 aromatic heterocycles. The number of carbonyl (C=O) groups is 2. The van der Waals surface area contributed by atoms with Gasteiger partial charge in [0.15, 0.2) is 0 Å². The number of hydrogen-bond acceptors (Lipinski definition) is 6. The number of carbonyl (C=O) groups excluding carboxylic acids is 1. The van der Waals surface area contributed by atoms with Crippen molar-refractivity contribution >= 4 is 35.6 Å². The van der Waals surface area contributed by atoms with Gasteiger partial charge < -0.3 is 14.7 Å². The molecule has 0 fully saturated rings. The Balaban J connectivity index is 1.42. The molecule has 1 N–H and O–H groups in total. The molecule has 0 atom stereocenters. The summed E-state index contributed by atoms with van der Waals surface area (Å²) in [6.07, 6.45) is 1.74. The van der Waals surface area contributed by atoms with Gasteiger partial charge in [-0.1, -0.05) is 188 Å². The molecule has 6 aromatic rings. The fraction of sp³-hybridized carbons (Fsp3) is 0.356. The van der Waals surface area contributed by atoms with Gasteiger partial charge in [-0.25, -0.2) is 4.79 Å². The average Bonchev–Trinajstić information content (AvgIpc) is 3.31. The first-order chi connectivity index (χ1) is 32.0. The first kappa shape index (κ1) is 51.1. The predicted octanol–water partition coefficient (Wildman–Crippen LogP) is 14.2. The van der Waals surface area contributed by atoms with Crippen molar-refractivity contribution in [1.82, 2.24) is 9.80 Å². The summed E-state index contributed by atoms with van der Waals surface area (Å²) in [6.45, 7) is 18.1. The maximum atomic E-state index is 14.0. The highest BCUT2D eigenvalue weighted by Gasteiger charge is 2.45. The number of benzene rings is 6. The minimum atomic E-state index is -0.799. The van der Waals surface area contributed by atoms with E-state index in [2.05, 4.69) is 215 Å². The van der Waals surface area contributed by atoms with E-state index < -0.39 is 21.1 Å². The quantitative estimate of drug-likeness (QED) is 0.0507. The predicted molar refractivity (Wildman–Crippen MR) is 282 cm³/mol. The zero-order valence-corrected chi connectivity index (χ0v) is 42.2. The number of carboxylic acid groups (broad SMARTS) is 1. The molecule has 0 heterocycles. The zero-order valence-electron chi connectivity index (χ0n) is 40.6. The molecule has 1 amide bonds. The molecule has 0 aliphatic heterocycles. The van der Waals surface area contributed by atoms with Crippen molar-refractivity contribution in [3.63, 3.8) is 0 Å². The summed E-state index contributed by atoms with van der Waals surface area (Å²) in [5.41, 5.74) is 6.61. The number of thioether (sulfide) groups is 2. The average molecular weight is 935 g/mol. The van der Waals surface area contributed by atoms with Gasteiger partial charge in [-0.2, -0.15) is 0 Å². The number of carboxylic acids is 1. The van der Waals surface area contributed by atoms with E-state index in [1.165, 1.54) is 33.4 Å². The molecular weight excluding hydrogens is 865 g/mol. The van der Waals surface area contributed by atoms with Crippen LogP contribution in [0.2, 0.25) is 0 Å². The Labute approximate surface area is 409 Å². The van der Waals surface area contributed by atoms with Crippen molar-refractivity contribution < 1.29 is 19.4 Å². The van der Waals surface area contributed by atoms with E-state index >= 15 is 0 Å². The smallest absolute Gasteiger partial charge is 0.410 e. The molecule has 6 aromatic carbocycles. The van der Waals surface area contributed by atoms with Gasteiger partial charge in [-0.15, -0.1) is 23.5 Å². The Hall–Kier alpha value is -5.28. The van der Waals surface area contributed by atoms with Gasteiger partial charge in [0, 0.05) is 48.6 Å². The third kappa shape index (κ3) is 13.9. The van der Waals surface area contributed by atoms with Crippen LogP contribution >= 0.6 is 23.5 Å². The molecule has 0 spiro atoms. The standard InChI is InChI=1S/C59H70N2O4S2/c1-55(2,3)65-54(64)61(42-28-14-27-41-53(62)63)44-43-60(45-56(4,5)66-58(47-29-15-8-16-30-47,48-31-17-9-18-32-48)49-33-19-10-20-34-49)46-57(6,7)67-59(50-35-21-11-22-36-50,51-37-23-12-24-38-51)52-39-25-13-26-40-52/h8-13,15-26,29-40H,14,27-28,41-46H2,1-7H3,(H,62,63). The molecule has 0 unspecified atom stereocenters. The van der Waals surface area contributed by atoms with E-state index in [4.69, 9.17) is 4.74 Å². The van der Waals surface area contributed by atoms with E-state index in [0.29, 0.717) is 52.0 Å². The number of aliphatic carboxylic acids is 1. The summed E-state index contributed by atoms with van der Waals surface area (Å²) in [5, 5.41) is 9.30. The molecule has 0 bridgehead atoms. The van der Waals surface area contributed by atoms with Crippen LogP contribution in [0, 0.1) is 0 Å². The largest absolute Gasteiger partial charge is 0.481 e. The molecule has 6 rings (SSSR count). The number of hydrogen-bond donors (Lipinski definition) is 1. The molecule has 0 saturated heterocycles. The van der Waals surface area contributed by atoms with E-state index in [-0.39, 0.29) is 22.0 Å². The molecular formula is C59H70N2O4S2. The second-order valence-corrected chi connectivity index (χ2v) is 23.5. The van der Waals surface area contributed by atoms with Gasteiger partial charge in [0.05, 0.1) is 9.49 Å². The fourth-order valence-electron chi connectivity index (χ4n) is 9.21. The van der Waals surface area contributed by atoms with Crippen LogP contribution < -0.4 is 0 Å². The normalized spacial score (nSPS) is 12.5. The van der Waals surface area contributed by atoms with Crippen LogP contribution in [-0.4, -0.2) is 74.8 Å². The molecule has 8 heteroatoms. The summed E-state index contributed by atoms with van der Waals surface area (Å²) in [5.74, 6) is -0.799. The Morgan fingerprint density at radius 3 is 1.04 bits per heavy atom. The van der Waals surface area contributed by atoms with Crippen molar-refractivity contribution in [2.45, 2.75) is 98.7 Å². The fourth-order valence-corrected chi connectivity index (χ4v) is 12.9. The van der Waals surface area contributed by atoms with Crippen molar-refractivity contribution in [3.05, 3.63) is 215 Å². The Bertz CT molecular complexity index is 2070. The number of rotatable bonds is 23. The molecule has 0 aliphatic rings. The number of ether oxygens (including phenoxy) is 1. The topological polar surface area (TPSA) is 70.1 Å². The maximum absolute atomic E-state index is 14.0. The van der Waals surface area contributed by atoms with Crippen LogP contribution in [-0.2, 0) is 19.0 Å². The summed E-state index contributed by atoms with van der Waals surface area (Å²) >= 11 is 3.96. The highest BCUT2D eigenvalue weighted by molar-refractivity contribution is 8.02. The third-order valence-electron chi connectivity index (χ3n) is 11.8. The van der Waals surface area contributed by atoms with Crippen molar-refractivity contribution in [2.24, 2.45) is 0 Å². The second-order valence-electron chi connectivity index (χ2n) is 19.7. The second kappa shape index (κ2) is 23.1. The summed E-state index contributed by atoms with van der Waals surface area (Å²) < 4.78 is 4.26. The minimum Gasteiger partial charge on any atom is -0.481 e. The third-order valence-corrected chi connectivity index (χ3v) is 15.2. The maximum Gasteiger partial charge on any atom is 0.410 e. The summed E-state index contributed by atoms with van der Waals surface area (Å²) in [4.78, 5) is 29.7. The zero-order chi connectivity index (χ0) is 48.0. The van der Waals surface area contributed by atoms with E-state index in [1.807, 2.05) is 49.2 Å². The van der Waals surface area contributed by atoms with Crippen molar-refractivity contribution in [2.75, 3.05) is 32.7 Å². The monoisotopic (exact) mass is 934 g/mol. The van der Waals surface area contributed by atoms with Crippen LogP contribution in [0.15, 0.2) is 182 Å². The molecule has 352 valence electrons. The number of unbranched alkanes of at least 4 members (excludes halogenated alkanes) is 2. The lowest BCUT2D eigenvalue weighted by Crippen LogP contribution is -2.49. The SMILES string of the molecule is CC(C)(C)OC(=O)N(CCCCCC(=O)O)CCN(CC(C)(C)SC(c1ccccc1)(c1ccccc1)c1ccccc1)CC(C)(C)SC(c1ccccc1)(c1ccccc1)c1ccccc1. The van der Waals surface area contributed by atoms with Gasteiger partial charge in [0.25, 0.3) is 0 Å². The van der Waals surface area contributed by atoms with Crippen molar-refractivity contribution in [1.29, 1.82) is 0 Å². The minimum absolute atomic E-state index is 0.118. The molecule has 0 saturated carbocycles. The van der Waals surface area contributed by atoms with Gasteiger partial charge in [0.2, 0.25) is 0 Å². The van der Waals surface area contributed by atoms with Gasteiger partial charge in [-0.05, 0) is 94.7 Å². The van der Waals surface area contributed by atoms with Gasteiger partial charge in [-0.3, -0.25) is 9.69 Å². The van der Waals surface area contributed by atoms with Crippen molar-refractivity contribution in [3.8, 4) is 0 Å². The first-order valence-corrected chi connectivity index (χ1v) is 25.3. The Kier molecular flexibility index (Phi) is 17.7. The lowest BCUT2D eigenvalue weighted by atomic mass is 9.84. The van der Waals surface area contributed by atoms with E-state index in [0.717, 1.165) is 0 Å². The number of amides is 1. The van der Waals surface area contributed by atoms with Gasteiger partial charge in [0.1, 0.15) is 5.60 Å². The van der Waals surface area contributed by atoms with Crippen LogP contribution in [0.5, 0.6) is 0 Å². The highest BCUT2D eigenvalue weighted by Crippen LogP contribution is 2.55. The van der Waals surface area contributed by atoms with Crippen LogP contribution in [0.4, 0.5) is 4.79 Å². The summed E-state index contributed by atoms with van der Waals surface area (Å²) in [6, 6.07) is 65.3. The van der Waals surface area contributed by atoms with E-state index in [9.17, 15) is 14.7 Å². The molecule has 6 nitrogen and oxygen atoms in total. The van der Waals surface area contributed by atoms with Gasteiger partial charge >= 0.3 is 12.1 Å².